The maximum atomic E-state index is 0. The molecule has 0 aromatic heterocycles. The molecule has 0 bridgehead atoms. The van der Waals surface area contributed by atoms with Crippen LogP contribution in [-0.4, -0.2) is 86.8 Å². The standard InChI is InChI=1S/5Al.22Cr.8Mo.64Ni. The molecule has 0 aliphatic rings. The van der Waals surface area contributed by atoms with Crippen molar-refractivity contribution in [2.45, 2.75) is 0 Å². The molecule has 0 aliphatic heterocycles. The third-order valence-corrected chi connectivity index (χ3v) is 0. The van der Waals surface area contributed by atoms with Crippen LogP contribution < -0.4 is 0 Å². The van der Waals surface area contributed by atoms with Gasteiger partial charge in [0, 0.05) is 1690 Å². The molecule has 99 heteroatoms. The second-order valence-corrected chi connectivity index (χ2v) is 0. The second-order valence-electron chi connectivity index (χ2n) is 0. The van der Waals surface area contributed by atoms with Crippen LogP contribution in [0.2, 0.25) is 0 Å². The van der Waals surface area contributed by atoms with Gasteiger partial charge in [0.15, 0.2) is 0 Å². The molecule has 0 saturated carbocycles. The fraction of sp³-hybridized carbons (Fsp3) is 0. The third-order valence-electron chi connectivity index (χ3n) is 0. The Hall–Kier alpha value is 51.5. The third kappa shape index (κ3) is 1230. The Morgan fingerprint density at radius 3 is 0.0404 bits per heavy atom. The number of hydrogen-bond acceptors (Lipinski definition) is 0. The smallest absolute Gasteiger partial charge is 0 e. The molecule has 0 fully saturated rings. The average molecular weight is 5800 g/mol. The van der Waals surface area contributed by atoms with Gasteiger partial charge in [0.25, 0.3) is 0 Å². The average Bonchev–Trinajstić information content (AvgIpc) is 0. The van der Waals surface area contributed by atoms with Gasteiger partial charge in [-0.15, -0.1) is 0 Å². The van der Waals surface area contributed by atoms with Crippen LogP contribution in [0.15, 0.2) is 0 Å². The molecular formula is Al5Cr22Mo8Ni64. The van der Waals surface area contributed by atoms with E-state index in [2.05, 4.69) is 0 Å². The molecule has 0 spiro atoms. The molecule has 0 unspecified atom stereocenters. The zero-order valence-corrected chi connectivity index (χ0v) is 148. The van der Waals surface area contributed by atoms with Gasteiger partial charge in [-0.3, -0.25) is 0 Å². The fourth-order valence-corrected chi connectivity index (χ4v) is 0. The Kier molecular flexibility index (Phi) is 15900. The zero-order valence-electron chi connectivity index (χ0n) is 35.4. The molecule has 0 N–H and O–H groups in total. The van der Waals surface area contributed by atoms with Crippen LogP contribution in [0.4, 0.5) is 0 Å². The Balaban J connectivity index is 0. The van der Waals surface area contributed by atoms with Gasteiger partial charge in [0.05, 0.1) is 0 Å². The van der Waals surface area contributed by atoms with Gasteiger partial charge in [0.2, 0.25) is 0 Å². The van der Waals surface area contributed by atoms with Crippen LogP contribution >= 0.6 is 0 Å². The summed E-state index contributed by atoms with van der Waals surface area (Å²) in [6.45, 7) is 0. The summed E-state index contributed by atoms with van der Waals surface area (Å²) in [7, 11) is 0. The van der Waals surface area contributed by atoms with Crippen LogP contribution in [0.3, 0.4) is 0 Å². The van der Waals surface area contributed by atoms with E-state index in [0.29, 0.717) is 0 Å². The van der Waals surface area contributed by atoms with E-state index in [9.17, 15) is 0 Å². The first-order chi connectivity index (χ1) is 0. The summed E-state index contributed by atoms with van der Waals surface area (Å²) in [6, 6.07) is 0. The van der Waals surface area contributed by atoms with Crippen LogP contribution in [0, 0.1) is 0 Å². The summed E-state index contributed by atoms with van der Waals surface area (Å²) in [5.74, 6) is 0. The van der Waals surface area contributed by atoms with Gasteiger partial charge in [-0.2, -0.15) is 0 Å². The molecule has 99 heavy (non-hydrogen) atoms. The second kappa shape index (κ2) is 1240. The molecular weight excluding hydrogens is 5800 g/mol. The van der Waals surface area contributed by atoms with Gasteiger partial charge in [-0.1, -0.05) is 0 Å². The van der Waals surface area contributed by atoms with Crippen LogP contribution in [0.25, 0.3) is 0 Å². The normalized spacial score (nSPS) is 0. The minimum Gasteiger partial charge on any atom is 0 e. The van der Waals surface area contributed by atoms with E-state index in [-0.39, 0.29) is 1690 Å². The van der Waals surface area contributed by atoms with E-state index in [4.69, 9.17) is 0 Å². The quantitative estimate of drug-likeness (QED) is 0.244. The topological polar surface area (TPSA) is 0 Å². The predicted molar refractivity (Wildman–Crippen MR) is 28.8 cm³/mol. The summed E-state index contributed by atoms with van der Waals surface area (Å²) in [5, 5.41) is 0. The maximum absolute atomic E-state index is 0. The Bertz CT molecular complexity index is 139. The van der Waals surface area contributed by atoms with Crippen molar-refractivity contribution in [1.29, 1.82) is 0 Å². The minimum absolute atomic E-state index is 0. The fourth-order valence-electron chi connectivity index (χ4n) is 0. The summed E-state index contributed by atoms with van der Waals surface area (Å²) in [5.41, 5.74) is 0. The van der Waals surface area contributed by atoms with Crippen molar-refractivity contribution < 1.29 is 1610 Å². The summed E-state index contributed by atoms with van der Waals surface area (Å²) >= 11 is 0. The largest absolute Gasteiger partial charge is 0 e. The number of hydrogen-bond donors (Lipinski definition) is 0. The van der Waals surface area contributed by atoms with E-state index in [0.717, 1.165) is 0 Å². The Morgan fingerprint density at radius 1 is 0.0404 bits per heavy atom. The molecule has 0 nitrogen and oxygen atoms in total. The number of rotatable bonds is 0. The van der Waals surface area contributed by atoms with Crippen LogP contribution in [0.1, 0.15) is 0 Å². The molecule has 0 amide bonds. The summed E-state index contributed by atoms with van der Waals surface area (Å²) in [4.78, 5) is 0. The van der Waals surface area contributed by atoms with Crippen molar-refractivity contribution in [3.05, 3.63) is 0 Å². The predicted octanol–water partition coefficient (Wildman–Crippen LogP) is -2.14. The molecule has 0 atom stereocenters. The van der Waals surface area contributed by atoms with Gasteiger partial charge in [0.1, 0.15) is 0 Å². The van der Waals surface area contributed by atoms with Crippen molar-refractivity contribution in [2.75, 3.05) is 0 Å². The summed E-state index contributed by atoms with van der Waals surface area (Å²) in [6.07, 6.45) is 0. The van der Waals surface area contributed by atoms with E-state index in [1.54, 1.807) is 0 Å². The molecule has 0 aromatic rings. The first kappa shape index (κ1) is 1270. The van der Waals surface area contributed by atoms with Gasteiger partial charge >= 0.3 is 0 Å². The van der Waals surface area contributed by atoms with Crippen LogP contribution in [-0.2, 0) is 1610 Å². The SMILES string of the molecule is [Al].[Al].[Al].[Al].[Al].[Cr].[Cr].[Cr].[Cr].[Cr].[Cr].[Cr].[Cr].[Cr].[Cr].[Cr].[Cr].[Cr].[Cr].[Cr].[Cr].[Cr].[Cr].[Cr].[Cr].[Cr].[Cr].[Mo].[Mo].[Mo].[Mo].[Mo].[Mo].[Mo].[Mo].[Ni].[Ni].[Ni].[Ni].[Ni].[Ni].[Ni].[Ni].[Ni].[Ni].[Ni].[Ni].[Ni].[Ni].[Ni].[Ni].[Ni].[Ni].[Ni].[Ni].[Ni].[Ni].[Ni].[Ni].[Ni].[Ni].[Ni].[Ni].[Ni].[Ni].[Ni].[Ni].[Ni].[Ni].[Ni].[Ni].[Ni].[Ni].[Ni].[Ni].[Ni].[Ni].[Ni].[Ni].[Ni].[Ni].[Ni].[Ni].[Ni].[Ni].[Ni].[Ni].[Ni].[Ni].[Ni].[Ni].[Ni].[Ni].[Ni].[Ni].[Ni].[Ni].[Ni].[Ni]. The van der Waals surface area contributed by atoms with E-state index < -0.39 is 0 Å². The molecule has 0 rings (SSSR count). The van der Waals surface area contributed by atoms with Crippen LogP contribution in [0.5, 0.6) is 0 Å². The molecule has 0 aliphatic carbocycles. The molecule has 15 radical (unpaired) electrons. The van der Waals surface area contributed by atoms with Crippen molar-refractivity contribution in [2.24, 2.45) is 0 Å². The minimum atomic E-state index is 0. The van der Waals surface area contributed by atoms with Crippen molar-refractivity contribution in [1.82, 2.24) is 0 Å². The van der Waals surface area contributed by atoms with Gasteiger partial charge in [-0.25, -0.2) is 0 Å². The Labute approximate surface area is 1650 Å². The van der Waals surface area contributed by atoms with Crippen molar-refractivity contribution in [3.8, 4) is 0 Å². The monoisotopic (exact) mass is 5770 g/mol. The van der Waals surface area contributed by atoms with Gasteiger partial charge in [-0.05, 0) is 0 Å². The first-order valence-corrected chi connectivity index (χ1v) is 0. The van der Waals surface area contributed by atoms with Crippen molar-refractivity contribution in [3.63, 3.8) is 0 Å². The van der Waals surface area contributed by atoms with E-state index in [1.165, 1.54) is 0 Å². The molecule has 835 valence electrons. The Morgan fingerprint density at radius 2 is 0.0404 bits per heavy atom. The molecule has 0 heterocycles. The first-order valence-electron chi connectivity index (χ1n) is 0. The van der Waals surface area contributed by atoms with Crippen molar-refractivity contribution >= 4 is 86.8 Å². The van der Waals surface area contributed by atoms with E-state index in [1.807, 2.05) is 0 Å². The van der Waals surface area contributed by atoms with E-state index >= 15 is 0 Å². The van der Waals surface area contributed by atoms with Gasteiger partial charge < -0.3 is 0 Å². The molecule has 0 saturated heterocycles. The maximum Gasteiger partial charge on any atom is 0 e. The zero-order chi connectivity index (χ0) is 0. The molecule has 0 aromatic carbocycles. The summed E-state index contributed by atoms with van der Waals surface area (Å²) < 4.78 is 0.